The van der Waals surface area contributed by atoms with E-state index in [4.69, 9.17) is 29.4 Å². The Morgan fingerprint density at radius 1 is 1.06 bits per heavy atom. The van der Waals surface area contributed by atoms with E-state index < -0.39 is 0 Å². The highest BCUT2D eigenvalue weighted by Crippen LogP contribution is 2.30. The first-order valence-electron chi connectivity index (χ1n) is 12.1. The molecule has 0 spiro atoms. The molecular weight excluding hydrogens is 432 g/mol. The van der Waals surface area contributed by atoms with Crippen molar-refractivity contribution < 1.29 is 9.47 Å². The molecule has 0 atom stereocenters. The van der Waals surface area contributed by atoms with E-state index >= 15 is 0 Å². The summed E-state index contributed by atoms with van der Waals surface area (Å²) in [6.07, 6.45) is 2.87. The molecule has 178 valence electrons. The highest BCUT2D eigenvalue weighted by Gasteiger charge is 2.26. The number of ether oxygens (including phenoxy) is 2. The molecule has 1 N–H and O–H groups in total. The van der Waals surface area contributed by atoms with Crippen molar-refractivity contribution in [1.82, 2.24) is 34.4 Å². The van der Waals surface area contributed by atoms with Crippen LogP contribution in [0.3, 0.4) is 0 Å². The molecule has 0 saturated carbocycles. The molecule has 10 heteroatoms. The SMILES string of the molecule is CCc1nc2ccccc2n1-c1nc(N2CCOCC2)c2nc(OC3CCNCC3)n(C)c2n1. The summed E-state index contributed by atoms with van der Waals surface area (Å²) >= 11 is 0. The van der Waals surface area contributed by atoms with Crippen LogP contribution in [-0.4, -0.2) is 74.6 Å². The topological polar surface area (TPSA) is 95.2 Å². The first-order chi connectivity index (χ1) is 16.7. The Hall–Kier alpha value is -3.24. The molecule has 5 heterocycles. The second kappa shape index (κ2) is 8.84. The average Bonchev–Trinajstić information content (AvgIpc) is 3.42. The Bertz CT molecular complexity index is 1320. The van der Waals surface area contributed by atoms with Crippen molar-refractivity contribution in [2.75, 3.05) is 44.3 Å². The summed E-state index contributed by atoms with van der Waals surface area (Å²) in [5.41, 5.74) is 3.46. The van der Waals surface area contributed by atoms with Crippen molar-refractivity contribution in [3.63, 3.8) is 0 Å². The van der Waals surface area contributed by atoms with Gasteiger partial charge in [0.15, 0.2) is 17.0 Å². The van der Waals surface area contributed by atoms with Crippen LogP contribution >= 0.6 is 0 Å². The van der Waals surface area contributed by atoms with E-state index in [9.17, 15) is 0 Å². The first-order valence-corrected chi connectivity index (χ1v) is 12.1. The predicted octanol–water partition coefficient (Wildman–Crippen LogP) is 2.23. The summed E-state index contributed by atoms with van der Waals surface area (Å²) < 4.78 is 16.0. The number of para-hydroxylation sites is 2. The largest absolute Gasteiger partial charge is 0.461 e. The fraction of sp³-hybridized carbons (Fsp3) is 0.500. The number of rotatable bonds is 5. The molecule has 34 heavy (non-hydrogen) atoms. The van der Waals surface area contributed by atoms with E-state index in [1.165, 1.54) is 0 Å². The van der Waals surface area contributed by atoms with Crippen molar-refractivity contribution in [1.29, 1.82) is 0 Å². The van der Waals surface area contributed by atoms with Crippen molar-refractivity contribution in [2.24, 2.45) is 7.05 Å². The average molecular weight is 463 g/mol. The van der Waals surface area contributed by atoms with Crippen molar-refractivity contribution >= 4 is 28.0 Å². The molecule has 6 rings (SSSR count). The molecule has 2 saturated heterocycles. The quantitative estimate of drug-likeness (QED) is 0.483. The van der Waals surface area contributed by atoms with Crippen LogP contribution in [-0.2, 0) is 18.2 Å². The highest BCUT2D eigenvalue weighted by atomic mass is 16.5. The third kappa shape index (κ3) is 3.67. The third-order valence-corrected chi connectivity index (χ3v) is 6.66. The van der Waals surface area contributed by atoms with E-state index in [2.05, 4.69) is 27.8 Å². The molecule has 0 radical (unpaired) electrons. The number of fused-ring (bicyclic) bond motifs is 2. The first kappa shape index (κ1) is 21.3. The van der Waals surface area contributed by atoms with Gasteiger partial charge in [-0.2, -0.15) is 15.0 Å². The Kier molecular flexibility index (Phi) is 5.54. The Morgan fingerprint density at radius 2 is 1.85 bits per heavy atom. The summed E-state index contributed by atoms with van der Waals surface area (Å²) in [7, 11) is 1.97. The Balaban J connectivity index is 1.53. The van der Waals surface area contributed by atoms with Crippen molar-refractivity contribution in [3.8, 4) is 12.0 Å². The van der Waals surface area contributed by atoms with Crippen LogP contribution in [0, 0.1) is 0 Å². The maximum Gasteiger partial charge on any atom is 0.298 e. The maximum atomic E-state index is 6.34. The lowest BCUT2D eigenvalue weighted by Gasteiger charge is -2.28. The molecule has 0 unspecified atom stereocenters. The smallest absolute Gasteiger partial charge is 0.298 e. The predicted molar refractivity (Wildman–Crippen MR) is 130 cm³/mol. The molecule has 2 aliphatic heterocycles. The Morgan fingerprint density at radius 3 is 2.65 bits per heavy atom. The van der Waals surface area contributed by atoms with Gasteiger partial charge in [-0.1, -0.05) is 19.1 Å². The van der Waals surface area contributed by atoms with Crippen LogP contribution < -0.4 is 15.0 Å². The maximum absolute atomic E-state index is 6.34. The lowest BCUT2D eigenvalue weighted by molar-refractivity contribution is 0.122. The van der Waals surface area contributed by atoms with E-state index in [0.717, 1.165) is 79.3 Å². The van der Waals surface area contributed by atoms with Crippen LogP contribution in [0.15, 0.2) is 24.3 Å². The molecular formula is C24H30N8O2. The summed E-state index contributed by atoms with van der Waals surface area (Å²) in [5.74, 6) is 2.36. The number of nitrogens with one attached hydrogen (secondary N) is 1. The number of nitrogens with zero attached hydrogens (tertiary/aromatic N) is 7. The van der Waals surface area contributed by atoms with Gasteiger partial charge >= 0.3 is 0 Å². The van der Waals surface area contributed by atoms with Gasteiger partial charge in [-0.15, -0.1) is 0 Å². The third-order valence-electron chi connectivity index (χ3n) is 6.66. The zero-order valence-electron chi connectivity index (χ0n) is 19.7. The normalized spacial score (nSPS) is 17.6. The van der Waals surface area contributed by atoms with Gasteiger partial charge in [-0.25, -0.2) is 4.98 Å². The number of hydrogen-bond acceptors (Lipinski definition) is 8. The number of aryl methyl sites for hydroxylation is 2. The number of morpholine rings is 1. The standard InChI is InChI=1S/C24H30N8O2/c1-3-19-26-17-6-4-5-7-18(17)32(19)23-28-21-20(22(29-23)31-12-14-33-15-13-31)27-24(30(21)2)34-16-8-10-25-11-9-16/h4-7,16,25H,3,8-15H2,1-2H3. The number of imidazole rings is 2. The zero-order chi connectivity index (χ0) is 23.1. The van der Waals surface area contributed by atoms with Gasteiger partial charge < -0.3 is 19.7 Å². The lowest BCUT2D eigenvalue weighted by atomic mass is 10.1. The minimum Gasteiger partial charge on any atom is -0.461 e. The number of benzene rings is 1. The summed E-state index contributed by atoms with van der Waals surface area (Å²) in [4.78, 5) is 22.0. The van der Waals surface area contributed by atoms with E-state index in [1.807, 2.05) is 29.8 Å². The zero-order valence-corrected chi connectivity index (χ0v) is 19.7. The van der Waals surface area contributed by atoms with Gasteiger partial charge in [0.2, 0.25) is 5.95 Å². The van der Waals surface area contributed by atoms with Crippen LogP contribution in [0.25, 0.3) is 28.1 Å². The van der Waals surface area contributed by atoms with Gasteiger partial charge in [0.05, 0.1) is 24.2 Å². The Labute approximate surface area is 197 Å². The molecule has 3 aromatic heterocycles. The molecule has 0 aliphatic carbocycles. The van der Waals surface area contributed by atoms with Gasteiger partial charge in [0, 0.05) is 26.6 Å². The molecule has 4 aromatic rings. The highest BCUT2D eigenvalue weighted by molar-refractivity contribution is 5.86. The molecule has 0 amide bonds. The number of anilines is 1. The molecule has 0 bridgehead atoms. The lowest BCUT2D eigenvalue weighted by Crippen LogP contribution is -2.37. The minimum atomic E-state index is 0.153. The minimum absolute atomic E-state index is 0.153. The van der Waals surface area contributed by atoms with Crippen molar-refractivity contribution in [2.45, 2.75) is 32.3 Å². The summed E-state index contributed by atoms with van der Waals surface area (Å²) in [5, 5.41) is 3.39. The monoisotopic (exact) mass is 462 g/mol. The van der Waals surface area contributed by atoms with Gasteiger partial charge in [-0.05, 0) is 38.1 Å². The van der Waals surface area contributed by atoms with Crippen LogP contribution in [0.2, 0.25) is 0 Å². The van der Waals surface area contributed by atoms with Crippen LogP contribution in [0.5, 0.6) is 6.01 Å². The second-order valence-corrected chi connectivity index (χ2v) is 8.85. The summed E-state index contributed by atoms with van der Waals surface area (Å²) in [6.45, 7) is 6.89. The fourth-order valence-electron chi connectivity index (χ4n) is 4.82. The molecule has 10 nitrogen and oxygen atoms in total. The number of aromatic nitrogens is 6. The molecule has 2 fully saturated rings. The number of piperidine rings is 1. The summed E-state index contributed by atoms with van der Waals surface area (Å²) in [6, 6.07) is 8.72. The van der Waals surface area contributed by atoms with Crippen LogP contribution in [0.1, 0.15) is 25.6 Å². The number of hydrogen-bond donors (Lipinski definition) is 1. The van der Waals surface area contributed by atoms with Crippen LogP contribution in [0.4, 0.5) is 5.82 Å². The van der Waals surface area contributed by atoms with Gasteiger partial charge in [-0.3, -0.25) is 9.13 Å². The molecule has 1 aromatic carbocycles. The molecule has 2 aliphatic rings. The van der Waals surface area contributed by atoms with E-state index in [-0.39, 0.29) is 6.10 Å². The van der Waals surface area contributed by atoms with E-state index in [1.54, 1.807) is 0 Å². The van der Waals surface area contributed by atoms with Crippen molar-refractivity contribution in [3.05, 3.63) is 30.1 Å². The van der Waals surface area contributed by atoms with E-state index in [0.29, 0.717) is 25.2 Å². The fourth-order valence-corrected chi connectivity index (χ4v) is 4.82. The second-order valence-electron chi connectivity index (χ2n) is 8.85. The van der Waals surface area contributed by atoms with Gasteiger partial charge in [0.25, 0.3) is 6.01 Å². The van der Waals surface area contributed by atoms with Gasteiger partial charge in [0.1, 0.15) is 11.9 Å².